The number of carbonyl (C=O) groups is 2. The van der Waals surface area contributed by atoms with Crippen LogP contribution in [0.2, 0.25) is 0 Å². The zero-order valence-corrected chi connectivity index (χ0v) is 12.1. The van der Waals surface area contributed by atoms with Crippen LogP contribution in [-0.4, -0.2) is 31.5 Å². The van der Waals surface area contributed by atoms with E-state index in [9.17, 15) is 9.59 Å². The predicted octanol–water partition coefficient (Wildman–Crippen LogP) is 1.57. The molecule has 2 unspecified atom stereocenters. The van der Waals surface area contributed by atoms with Crippen LogP contribution in [0.4, 0.5) is 5.69 Å². The number of piperazine rings is 1. The van der Waals surface area contributed by atoms with Crippen LogP contribution in [0.1, 0.15) is 20.3 Å². The van der Waals surface area contributed by atoms with Crippen LogP contribution in [0.25, 0.3) is 0 Å². The van der Waals surface area contributed by atoms with E-state index >= 15 is 0 Å². The Morgan fingerprint density at radius 2 is 2.10 bits per heavy atom. The van der Waals surface area contributed by atoms with Gasteiger partial charge in [-0.1, -0.05) is 32.4 Å². The largest absolute Gasteiger partial charge is 0.495 e. The second-order valence-electron chi connectivity index (χ2n) is 5.03. The first-order valence-corrected chi connectivity index (χ1v) is 6.82. The highest BCUT2D eigenvalue weighted by Gasteiger charge is 2.37. The van der Waals surface area contributed by atoms with Gasteiger partial charge in [0.25, 0.3) is 0 Å². The summed E-state index contributed by atoms with van der Waals surface area (Å²) in [5.41, 5.74) is 0.642. The molecule has 5 nitrogen and oxygen atoms in total. The van der Waals surface area contributed by atoms with E-state index in [0.717, 1.165) is 6.42 Å². The number of methoxy groups -OCH3 is 1. The molecule has 1 aromatic rings. The number of nitrogens with one attached hydrogen (secondary N) is 1. The Kier molecular flexibility index (Phi) is 4.27. The van der Waals surface area contributed by atoms with Gasteiger partial charge in [0, 0.05) is 0 Å². The Balaban J connectivity index is 2.35. The van der Waals surface area contributed by atoms with E-state index in [4.69, 9.17) is 4.74 Å². The second-order valence-corrected chi connectivity index (χ2v) is 5.03. The summed E-state index contributed by atoms with van der Waals surface area (Å²) in [7, 11) is 1.56. The number of ether oxygens (including phenoxy) is 1. The van der Waals surface area contributed by atoms with Crippen molar-refractivity contribution in [3.05, 3.63) is 24.3 Å². The molecule has 0 radical (unpaired) electrons. The van der Waals surface area contributed by atoms with E-state index in [2.05, 4.69) is 5.32 Å². The molecule has 0 bridgehead atoms. The lowest BCUT2D eigenvalue weighted by atomic mass is 9.96. The lowest BCUT2D eigenvalue weighted by Gasteiger charge is -2.35. The molecule has 1 N–H and O–H groups in total. The van der Waals surface area contributed by atoms with Crippen molar-refractivity contribution in [1.29, 1.82) is 0 Å². The number of anilines is 1. The number of benzene rings is 1. The molecule has 0 aliphatic carbocycles. The van der Waals surface area contributed by atoms with Crippen LogP contribution < -0.4 is 15.0 Å². The van der Waals surface area contributed by atoms with Gasteiger partial charge in [-0.3, -0.25) is 14.5 Å². The summed E-state index contributed by atoms with van der Waals surface area (Å²) in [6, 6.07) is 6.78. The van der Waals surface area contributed by atoms with Gasteiger partial charge in [0.05, 0.1) is 12.8 Å². The maximum atomic E-state index is 12.6. The van der Waals surface area contributed by atoms with Gasteiger partial charge in [-0.25, -0.2) is 0 Å². The van der Waals surface area contributed by atoms with Crippen molar-refractivity contribution < 1.29 is 14.3 Å². The normalized spacial score (nSPS) is 20.6. The molecule has 2 rings (SSSR count). The lowest BCUT2D eigenvalue weighted by molar-refractivity contribution is -0.132. The Labute approximate surface area is 118 Å². The average Bonchev–Trinajstić information content (AvgIpc) is 2.48. The van der Waals surface area contributed by atoms with Crippen LogP contribution in [0.3, 0.4) is 0 Å². The molecular formula is C15H20N2O3. The highest BCUT2D eigenvalue weighted by molar-refractivity contribution is 6.07. The molecule has 2 amide bonds. The minimum absolute atomic E-state index is 0.0339. The van der Waals surface area contributed by atoms with Crippen LogP contribution in [0.15, 0.2) is 24.3 Å². The second kappa shape index (κ2) is 5.94. The molecule has 1 aromatic carbocycles. The van der Waals surface area contributed by atoms with Gasteiger partial charge in [0.2, 0.25) is 11.8 Å². The van der Waals surface area contributed by atoms with Crippen molar-refractivity contribution in [3.8, 4) is 5.75 Å². The molecule has 0 aromatic heterocycles. The molecule has 1 aliphatic heterocycles. The van der Waals surface area contributed by atoms with Gasteiger partial charge in [-0.05, 0) is 18.1 Å². The van der Waals surface area contributed by atoms with Gasteiger partial charge in [0.15, 0.2) is 0 Å². The van der Waals surface area contributed by atoms with Crippen LogP contribution in [0, 0.1) is 5.92 Å². The third kappa shape index (κ3) is 2.61. The van der Waals surface area contributed by atoms with Crippen molar-refractivity contribution >= 4 is 17.5 Å². The minimum Gasteiger partial charge on any atom is -0.495 e. The zero-order chi connectivity index (χ0) is 14.7. The van der Waals surface area contributed by atoms with Gasteiger partial charge >= 0.3 is 0 Å². The van der Waals surface area contributed by atoms with E-state index in [-0.39, 0.29) is 24.3 Å². The molecule has 2 atom stereocenters. The quantitative estimate of drug-likeness (QED) is 0.908. The molecule has 5 heteroatoms. The van der Waals surface area contributed by atoms with E-state index < -0.39 is 6.04 Å². The van der Waals surface area contributed by atoms with E-state index in [1.165, 1.54) is 4.90 Å². The molecule has 0 spiro atoms. The fraction of sp³-hybridized carbons (Fsp3) is 0.467. The summed E-state index contributed by atoms with van der Waals surface area (Å²) < 4.78 is 5.28. The van der Waals surface area contributed by atoms with Crippen molar-refractivity contribution in [2.75, 3.05) is 18.6 Å². The fourth-order valence-electron chi connectivity index (χ4n) is 2.35. The molecule has 108 valence electrons. The number of amides is 2. The van der Waals surface area contributed by atoms with Crippen LogP contribution in [-0.2, 0) is 9.59 Å². The van der Waals surface area contributed by atoms with Crippen molar-refractivity contribution in [1.82, 2.24) is 5.32 Å². The van der Waals surface area contributed by atoms with E-state index in [1.807, 2.05) is 26.0 Å². The summed E-state index contributed by atoms with van der Waals surface area (Å²) in [6.45, 7) is 4.01. The van der Waals surface area contributed by atoms with Crippen LogP contribution in [0.5, 0.6) is 5.75 Å². The van der Waals surface area contributed by atoms with Gasteiger partial charge < -0.3 is 10.1 Å². The van der Waals surface area contributed by atoms with Gasteiger partial charge in [-0.15, -0.1) is 0 Å². The highest BCUT2D eigenvalue weighted by atomic mass is 16.5. The Hall–Kier alpha value is -2.04. The summed E-state index contributed by atoms with van der Waals surface area (Å²) in [4.78, 5) is 26.0. The maximum Gasteiger partial charge on any atom is 0.250 e. The SMILES string of the molecule is CCC(C)C1NC(=O)CN(c2ccccc2OC)C1=O. The third-order valence-electron chi connectivity index (χ3n) is 3.74. The number of rotatable bonds is 4. The molecule has 1 fully saturated rings. The van der Waals surface area contributed by atoms with E-state index in [1.54, 1.807) is 19.2 Å². The van der Waals surface area contributed by atoms with Crippen molar-refractivity contribution in [3.63, 3.8) is 0 Å². The minimum atomic E-state index is -0.467. The first kappa shape index (κ1) is 14.4. The monoisotopic (exact) mass is 276 g/mol. The smallest absolute Gasteiger partial charge is 0.250 e. The van der Waals surface area contributed by atoms with Gasteiger partial charge in [-0.2, -0.15) is 0 Å². The lowest BCUT2D eigenvalue weighted by Crippen LogP contribution is -2.60. The number of nitrogens with zero attached hydrogens (tertiary/aromatic N) is 1. The molecule has 0 saturated carbocycles. The molecule has 1 aliphatic rings. The number of hydrogen-bond donors (Lipinski definition) is 1. The highest BCUT2D eigenvalue weighted by Crippen LogP contribution is 2.30. The Morgan fingerprint density at radius 3 is 2.75 bits per heavy atom. The maximum absolute atomic E-state index is 12.6. The standard InChI is InChI=1S/C15H20N2O3/c1-4-10(2)14-15(19)17(9-13(18)16-14)11-7-5-6-8-12(11)20-3/h5-8,10,14H,4,9H2,1-3H3,(H,16,18). The number of para-hydroxylation sites is 2. The average molecular weight is 276 g/mol. The number of carbonyl (C=O) groups excluding carboxylic acids is 2. The summed E-state index contributed by atoms with van der Waals surface area (Å²) >= 11 is 0. The first-order chi connectivity index (χ1) is 9.58. The molecule has 20 heavy (non-hydrogen) atoms. The molecular weight excluding hydrogens is 256 g/mol. The van der Waals surface area contributed by atoms with Crippen LogP contribution >= 0.6 is 0 Å². The Bertz CT molecular complexity index is 516. The summed E-state index contributed by atoms with van der Waals surface area (Å²) in [6.07, 6.45) is 0.830. The van der Waals surface area contributed by atoms with Crippen molar-refractivity contribution in [2.45, 2.75) is 26.3 Å². The van der Waals surface area contributed by atoms with Crippen molar-refractivity contribution in [2.24, 2.45) is 5.92 Å². The third-order valence-corrected chi connectivity index (χ3v) is 3.74. The topological polar surface area (TPSA) is 58.6 Å². The molecule has 1 heterocycles. The Morgan fingerprint density at radius 1 is 1.40 bits per heavy atom. The van der Waals surface area contributed by atoms with Gasteiger partial charge in [0.1, 0.15) is 18.3 Å². The first-order valence-electron chi connectivity index (χ1n) is 6.82. The summed E-state index contributed by atoms with van der Waals surface area (Å²) in [5, 5.41) is 2.78. The zero-order valence-electron chi connectivity index (χ0n) is 12.1. The predicted molar refractivity (Wildman–Crippen MR) is 76.7 cm³/mol. The molecule has 1 saturated heterocycles. The number of hydrogen-bond acceptors (Lipinski definition) is 3. The summed E-state index contributed by atoms with van der Waals surface area (Å²) in [5.74, 6) is 0.478. The van der Waals surface area contributed by atoms with E-state index in [0.29, 0.717) is 11.4 Å². The fourth-order valence-corrected chi connectivity index (χ4v) is 2.35.